The highest BCUT2D eigenvalue weighted by molar-refractivity contribution is 6.09. The van der Waals surface area contributed by atoms with E-state index in [-0.39, 0.29) is 18.1 Å². The molecule has 0 saturated heterocycles. The number of rotatable bonds is 7. The highest BCUT2D eigenvalue weighted by Gasteiger charge is 2.12. The van der Waals surface area contributed by atoms with Gasteiger partial charge in [-0.05, 0) is 78.4 Å². The number of nitrogens with one attached hydrogen (secondary N) is 1. The Hall–Kier alpha value is -4.97. The SMILES string of the molecule is NC(=O)c1ccc2c(ccn2-c2ccc(C(=O)c3ccc(NC(=O)Cc4ccccc4)cc3)cc2)c1. The summed E-state index contributed by atoms with van der Waals surface area (Å²) in [5, 5.41) is 3.77. The van der Waals surface area contributed by atoms with Crippen molar-refractivity contribution in [2.45, 2.75) is 6.42 Å². The second-order valence-electron chi connectivity index (χ2n) is 8.49. The van der Waals surface area contributed by atoms with E-state index in [1.807, 2.05) is 65.4 Å². The third kappa shape index (κ3) is 4.79. The molecule has 1 heterocycles. The first-order valence-electron chi connectivity index (χ1n) is 11.5. The minimum atomic E-state index is -0.463. The zero-order valence-corrected chi connectivity index (χ0v) is 19.3. The number of aromatic nitrogens is 1. The molecule has 2 amide bonds. The van der Waals surface area contributed by atoms with Gasteiger partial charge < -0.3 is 15.6 Å². The van der Waals surface area contributed by atoms with Crippen LogP contribution in [-0.4, -0.2) is 22.2 Å². The van der Waals surface area contributed by atoms with Gasteiger partial charge in [-0.2, -0.15) is 0 Å². The van der Waals surface area contributed by atoms with Crippen LogP contribution in [0.5, 0.6) is 0 Å². The van der Waals surface area contributed by atoms with E-state index in [0.29, 0.717) is 22.4 Å². The molecular formula is C30H23N3O3. The van der Waals surface area contributed by atoms with Crippen LogP contribution in [0.3, 0.4) is 0 Å². The van der Waals surface area contributed by atoms with E-state index in [9.17, 15) is 14.4 Å². The number of benzene rings is 4. The molecular weight excluding hydrogens is 450 g/mol. The quantitative estimate of drug-likeness (QED) is 0.321. The fourth-order valence-electron chi connectivity index (χ4n) is 4.15. The second-order valence-corrected chi connectivity index (χ2v) is 8.49. The maximum atomic E-state index is 13.0. The first-order valence-corrected chi connectivity index (χ1v) is 11.5. The molecule has 0 bridgehead atoms. The molecule has 6 nitrogen and oxygen atoms in total. The second kappa shape index (κ2) is 9.72. The van der Waals surface area contributed by atoms with Crippen molar-refractivity contribution in [3.63, 3.8) is 0 Å². The van der Waals surface area contributed by atoms with Crippen molar-refractivity contribution < 1.29 is 14.4 Å². The van der Waals surface area contributed by atoms with E-state index in [1.165, 1.54) is 0 Å². The number of anilines is 1. The topological polar surface area (TPSA) is 94.2 Å². The van der Waals surface area contributed by atoms with E-state index in [0.717, 1.165) is 22.2 Å². The lowest BCUT2D eigenvalue weighted by molar-refractivity contribution is -0.115. The third-order valence-electron chi connectivity index (χ3n) is 6.02. The Morgan fingerprint density at radius 2 is 1.36 bits per heavy atom. The van der Waals surface area contributed by atoms with Gasteiger partial charge in [-0.25, -0.2) is 0 Å². The molecule has 5 aromatic rings. The van der Waals surface area contributed by atoms with Crippen LogP contribution in [0.2, 0.25) is 0 Å². The molecule has 0 fully saturated rings. The molecule has 4 aromatic carbocycles. The lowest BCUT2D eigenvalue weighted by Gasteiger charge is -2.09. The fourth-order valence-corrected chi connectivity index (χ4v) is 4.15. The summed E-state index contributed by atoms with van der Waals surface area (Å²) in [6.07, 6.45) is 2.20. The van der Waals surface area contributed by atoms with Gasteiger partial charge in [0.25, 0.3) is 0 Å². The molecule has 0 atom stereocenters. The van der Waals surface area contributed by atoms with Crippen molar-refractivity contribution in [1.82, 2.24) is 4.57 Å². The van der Waals surface area contributed by atoms with Gasteiger partial charge in [0, 0.05) is 39.6 Å². The Morgan fingerprint density at radius 3 is 2.03 bits per heavy atom. The van der Waals surface area contributed by atoms with Gasteiger partial charge in [-0.1, -0.05) is 30.3 Å². The summed E-state index contributed by atoms with van der Waals surface area (Å²) in [5.41, 5.74) is 10.3. The van der Waals surface area contributed by atoms with Crippen LogP contribution >= 0.6 is 0 Å². The van der Waals surface area contributed by atoms with E-state index >= 15 is 0 Å². The molecule has 0 saturated carbocycles. The van der Waals surface area contributed by atoms with Gasteiger partial charge in [0.05, 0.1) is 11.9 Å². The van der Waals surface area contributed by atoms with Crippen LogP contribution in [0.4, 0.5) is 5.69 Å². The number of ketones is 1. The molecule has 0 radical (unpaired) electrons. The average Bonchev–Trinajstić information content (AvgIpc) is 3.33. The van der Waals surface area contributed by atoms with E-state index < -0.39 is 5.91 Å². The normalized spacial score (nSPS) is 10.8. The molecule has 0 aliphatic carbocycles. The molecule has 0 aliphatic rings. The predicted molar refractivity (Wildman–Crippen MR) is 140 cm³/mol. The number of primary amides is 1. The number of amides is 2. The van der Waals surface area contributed by atoms with Crippen molar-refractivity contribution in [2.24, 2.45) is 5.73 Å². The van der Waals surface area contributed by atoms with Crippen LogP contribution in [0, 0.1) is 0 Å². The van der Waals surface area contributed by atoms with Gasteiger partial charge in [0.1, 0.15) is 0 Å². The molecule has 1 aromatic heterocycles. The number of carbonyl (C=O) groups is 3. The molecule has 0 aliphatic heterocycles. The summed E-state index contributed by atoms with van der Waals surface area (Å²) < 4.78 is 1.99. The Bertz CT molecular complexity index is 1570. The first kappa shape index (κ1) is 22.8. The van der Waals surface area contributed by atoms with Gasteiger partial charge in [0.15, 0.2) is 5.78 Å². The van der Waals surface area contributed by atoms with Crippen LogP contribution < -0.4 is 11.1 Å². The van der Waals surface area contributed by atoms with Crippen molar-refractivity contribution >= 4 is 34.2 Å². The standard InChI is InChI=1S/C30H23N3O3/c31-30(36)24-10-15-27-23(19-24)16-17-33(27)26-13-8-22(9-14-26)29(35)21-6-11-25(12-7-21)32-28(34)18-20-4-2-1-3-5-20/h1-17,19H,18H2,(H2,31,36)(H,32,34). The minimum absolute atomic E-state index is 0.104. The van der Waals surface area contributed by atoms with Crippen LogP contribution in [0.1, 0.15) is 31.8 Å². The molecule has 6 heteroatoms. The Labute approximate surface area is 208 Å². The van der Waals surface area contributed by atoms with Gasteiger partial charge in [-0.3, -0.25) is 14.4 Å². The molecule has 0 unspecified atom stereocenters. The van der Waals surface area contributed by atoms with E-state index in [2.05, 4.69) is 5.32 Å². The van der Waals surface area contributed by atoms with Crippen molar-refractivity contribution in [3.05, 3.63) is 132 Å². The molecule has 0 spiro atoms. The summed E-state index contributed by atoms with van der Waals surface area (Å²) >= 11 is 0. The van der Waals surface area contributed by atoms with Crippen molar-refractivity contribution in [2.75, 3.05) is 5.32 Å². The number of nitrogens with zero attached hydrogens (tertiary/aromatic N) is 1. The Balaban J connectivity index is 1.27. The lowest BCUT2D eigenvalue weighted by Crippen LogP contribution is -2.14. The Morgan fingerprint density at radius 1 is 0.722 bits per heavy atom. The van der Waals surface area contributed by atoms with Crippen LogP contribution in [0.15, 0.2) is 109 Å². The van der Waals surface area contributed by atoms with Crippen LogP contribution in [-0.2, 0) is 11.2 Å². The summed E-state index contributed by atoms with van der Waals surface area (Å²) in [5.74, 6) is -0.679. The smallest absolute Gasteiger partial charge is 0.248 e. The molecule has 36 heavy (non-hydrogen) atoms. The number of hydrogen-bond acceptors (Lipinski definition) is 3. The van der Waals surface area contributed by atoms with E-state index in [1.54, 1.807) is 48.5 Å². The summed E-state index contributed by atoms with van der Waals surface area (Å²) in [4.78, 5) is 36.7. The lowest BCUT2D eigenvalue weighted by atomic mass is 10.0. The summed E-state index contributed by atoms with van der Waals surface area (Å²) in [7, 11) is 0. The Kier molecular flexibility index (Phi) is 6.16. The number of fused-ring (bicyclic) bond motifs is 1. The highest BCUT2D eigenvalue weighted by atomic mass is 16.2. The van der Waals surface area contributed by atoms with Crippen molar-refractivity contribution in [1.29, 1.82) is 0 Å². The number of hydrogen-bond donors (Lipinski definition) is 2. The predicted octanol–water partition coefficient (Wildman–Crippen LogP) is 5.14. The fraction of sp³-hybridized carbons (Fsp3) is 0.0333. The van der Waals surface area contributed by atoms with Gasteiger partial charge >= 0.3 is 0 Å². The van der Waals surface area contributed by atoms with Crippen molar-refractivity contribution in [3.8, 4) is 5.69 Å². The third-order valence-corrected chi connectivity index (χ3v) is 6.02. The summed E-state index contributed by atoms with van der Waals surface area (Å²) in [6, 6.07) is 31.0. The average molecular weight is 474 g/mol. The van der Waals surface area contributed by atoms with Gasteiger partial charge in [-0.15, -0.1) is 0 Å². The number of carbonyl (C=O) groups excluding carboxylic acids is 3. The molecule has 176 valence electrons. The molecule has 3 N–H and O–H groups in total. The molecule has 5 rings (SSSR count). The largest absolute Gasteiger partial charge is 0.366 e. The van der Waals surface area contributed by atoms with Gasteiger partial charge in [0.2, 0.25) is 11.8 Å². The number of nitrogens with two attached hydrogens (primary N) is 1. The monoisotopic (exact) mass is 473 g/mol. The minimum Gasteiger partial charge on any atom is -0.366 e. The zero-order chi connectivity index (χ0) is 25.1. The maximum Gasteiger partial charge on any atom is 0.248 e. The van der Waals surface area contributed by atoms with E-state index in [4.69, 9.17) is 5.73 Å². The van der Waals surface area contributed by atoms with Crippen LogP contribution in [0.25, 0.3) is 16.6 Å². The zero-order valence-electron chi connectivity index (χ0n) is 19.3. The maximum absolute atomic E-state index is 13.0. The summed E-state index contributed by atoms with van der Waals surface area (Å²) in [6.45, 7) is 0. The first-order chi connectivity index (χ1) is 17.5. The highest BCUT2D eigenvalue weighted by Crippen LogP contribution is 2.23.